The lowest BCUT2D eigenvalue weighted by Crippen LogP contribution is -2.19. The molecule has 7 heteroatoms. The van der Waals surface area contributed by atoms with Crippen molar-refractivity contribution in [1.82, 2.24) is 5.32 Å². The molecular weight excluding hydrogens is 375 g/mol. The summed E-state index contributed by atoms with van der Waals surface area (Å²) in [7, 11) is 0. The van der Waals surface area contributed by atoms with Gasteiger partial charge in [0.2, 0.25) is 0 Å². The van der Waals surface area contributed by atoms with Crippen molar-refractivity contribution >= 4 is 69.4 Å². The minimum Gasteiger partial charge on any atom is -0.300 e. The first kappa shape index (κ1) is 16.4. The van der Waals surface area contributed by atoms with Gasteiger partial charge in [0.05, 0.1) is 20.6 Å². The minimum atomic E-state index is -0.216. The van der Waals surface area contributed by atoms with E-state index >= 15 is 0 Å². The first-order valence-corrected chi connectivity index (χ1v) is 8.47. The van der Waals surface area contributed by atoms with Gasteiger partial charge in [-0.3, -0.25) is 4.79 Å². The van der Waals surface area contributed by atoms with Crippen LogP contribution in [-0.2, 0) is 4.79 Å². The van der Waals surface area contributed by atoms with Gasteiger partial charge in [-0.05, 0) is 47.7 Å². The quantitative estimate of drug-likeness (QED) is 0.692. The Balaban J connectivity index is 1.88. The average Bonchev–Trinajstić information content (AvgIpc) is 2.84. The summed E-state index contributed by atoms with van der Waals surface area (Å²) in [5, 5.41) is 4.53. The molecule has 0 unspecified atom stereocenters. The summed E-state index contributed by atoms with van der Waals surface area (Å²) in [5.74, 6) is -0.216. The molecule has 3 nitrogen and oxygen atoms in total. The lowest BCUT2D eigenvalue weighted by Gasteiger charge is -2.00. The van der Waals surface area contributed by atoms with E-state index in [0.29, 0.717) is 30.8 Å². The lowest BCUT2D eigenvalue weighted by molar-refractivity contribution is -0.115. The molecule has 0 bridgehead atoms. The topological polar surface area (TPSA) is 41.5 Å². The number of nitrogens with zero attached hydrogens (tertiary/aromatic N) is 1. The van der Waals surface area contributed by atoms with Gasteiger partial charge in [-0.2, -0.15) is 0 Å². The second-order valence-corrected chi connectivity index (χ2v) is 6.86. The summed E-state index contributed by atoms with van der Waals surface area (Å²) in [5.41, 5.74) is 1.35. The van der Waals surface area contributed by atoms with Gasteiger partial charge in [-0.1, -0.05) is 53.0 Å². The number of aliphatic imine (C=N–C) groups is 1. The lowest BCUT2D eigenvalue weighted by atomic mass is 10.2. The Morgan fingerprint density at radius 3 is 2.65 bits per heavy atom. The van der Waals surface area contributed by atoms with Crippen LogP contribution in [0, 0.1) is 0 Å². The molecule has 1 aliphatic rings. The fraction of sp³-hybridized carbons (Fsp3) is 0. The van der Waals surface area contributed by atoms with Crippen LogP contribution in [0.15, 0.2) is 52.4 Å². The van der Waals surface area contributed by atoms with Gasteiger partial charge in [-0.25, -0.2) is 4.99 Å². The van der Waals surface area contributed by atoms with E-state index in [1.165, 1.54) is 11.8 Å². The molecule has 0 spiro atoms. The number of amides is 1. The van der Waals surface area contributed by atoms with Crippen LogP contribution in [0.5, 0.6) is 0 Å². The molecule has 2 aromatic carbocycles. The van der Waals surface area contributed by atoms with E-state index in [2.05, 4.69) is 10.3 Å². The number of amidine groups is 1. The molecule has 0 aromatic heterocycles. The number of carbonyl (C=O) groups excluding carboxylic acids is 1. The molecule has 1 amide bonds. The summed E-state index contributed by atoms with van der Waals surface area (Å²) in [6, 6.07) is 12.4. The van der Waals surface area contributed by atoms with Crippen LogP contribution in [0.2, 0.25) is 15.1 Å². The molecule has 0 aliphatic carbocycles. The highest BCUT2D eigenvalue weighted by Gasteiger charge is 2.24. The van der Waals surface area contributed by atoms with Gasteiger partial charge in [0.25, 0.3) is 5.91 Å². The maximum absolute atomic E-state index is 12.0. The second kappa shape index (κ2) is 6.97. The first-order valence-electron chi connectivity index (χ1n) is 6.52. The molecule has 1 N–H and O–H groups in total. The van der Waals surface area contributed by atoms with E-state index in [9.17, 15) is 4.79 Å². The SMILES string of the molecule is O=C1NC(=Nc2cccc(Cl)c2Cl)SC1=Cc1cccc(Cl)c1. The third kappa shape index (κ3) is 3.90. The summed E-state index contributed by atoms with van der Waals surface area (Å²) < 4.78 is 0. The van der Waals surface area contributed by atoms with Crippen molar-refractivity contribution in [3.8, 4) is 0 Å². The van der Waals surface area contributed by atoms with E-state index in [0.717, 1.165) is 5.56 Å². The normalized spacial score (nSPS) is 17.8. The van der Waals surface area contributed by atoms with E-state index in [1.54, 1.807) is 36.4 Å². The first-order chi connectivity index (χ1) is 11.0. The number of thioether (sulfide) groups is 1. The molecule has 2 aromatic rings. The maximum Gasteiger partial charge on any atom is 0.264 e. The summed E-state index contributed by atoms with van der Waals surface area (Å²) in [6.07, 6.45) is 1.76. The standard InChI is InChI=1S/C16H9Cl3N2OS/c17-10-4-1-3-9(7-10)8-13-15(22)21-16(23-13)20-12-6-2-5-11(18)14(12)19/h1-8H,(H,20,21,22). The van der Waals surface area contributed by atoms with Crippen LogP contribution in [0.25, 0.3) is 6.08 Å². The Hall–Kier alpha value is -1.46. The summed E-state index contributed by atoms with van der Waals surface area (Å²) in [6.45, 7) is 0. The van der Waals surface area contributed by atoms with Gasteiger partial charge in [0, 0.05) is 5.02 Å². The smallest absolute Gasteiger partial charge is 0.264 e. The molecule has 3 rings (SSSR count). The van der Waals surface area contributed by atoms with Crippen molar-refractivity contribution in [1.29, 1.82) is 0 Å². The van der Waals surface area contributed by atoms with Gasteiger partial charge in [0.15, 0.2) is 5.17 Å². The molecule has 116 valence electrons. The van der Waals surface area contributed by atoms with Crippen LogP contribution in [-0.4, -0.2) is 11.1 Å². The van der Waals surface area contributed by atoms with Gasteiger partial charge < -0.3 is 5.32 Å². The molecule has 1 fully saturated rings. The highest BCUT2D eigenvalue weighted by molar-refractivity contribution is 8.18. The number of benzene rings is 2. The zero-order valence-corrected chi connectivity index (χ0v) is 14.6. The predicted molar refractivity (Wildman–Crippen MR) is 98.7 cm³/mol. The number of halogens is 3. The minimum absolute atomic E-state index is 0.216. The molecule has 1 aliphatic heterocycles. The summed E-state index contributed by atoms with van der Waals surface area (Å²) in [4.78, 5) is 16.9. The van der Waals surface area contributed by atoms with E-state index in [1.807, 2.05) is 12.1 Å². The molecular formula is C16H9Cl3N2OS. The van der Waals surface area contributed by atoms with Gasteiger partial charge >= 0.3 is 0 Å². The van der Waals surface area contributed by atoms with Crippen LogP contribution < -0.4 is 5.32 Å². The highest BCUT2D eigenvalue weighted by Crippen LogP contribution is 2.34. The number of hydrogen-bond donors (Lipinski definition) is 1. The molecule has 1 saturated heterocycles. The average molecular weight is 384 g/mol. The Bertz CT molecular complexity index is 849. The zero-order valence-electron chi connectivity index (χ0n) is 11.5. The monoisotopic (exact) mass is 382 g/mol. The molecule has 0 saturated carbocycles. The Morgan fingerprint density at radius 2 is 1.87 bits per heavy atom. The van der Waals surface area contributed by atoms with Crippen LogP contribution >= 0.6 is 46.6 Å². The second-order valence-electron chi connectivity index (χ2n) is 4.61. The Labute approximate surface area is 152 Å². The molecule has 1 heterocycles. The van der Waals surface area contributed by atoms with Gasteiger partial charge in [-0.15, -0.1) is 0 Å². The van der Waals surface area contributed by atoms with Crippen LogP contribution in [0.4, 0.5) is 5.69 Å². The number of rotatable bonds is 2. The third-order valence-corrected chi connectivity index (χ3v) is 4.90. The van der Waals surface area contributed by atoms with Crippen molar-refractivity contribution < 1.29 is 4.79 Å². The Kier molecular flexibility index (Phi) is 4.97. The number of carbonyl (C=O) groups is 1. The van der Waals surface area contributed by atoms with Crippen molar-refractivity contribution in [2.24, 2.45) is 4.99 Å². The highest BCUT2D eigenvalue weighted by atomic mass is 35.5. The number of hydrogen-bond acceptors (Lipinski definition) is 3. The predicted octanol–water partition coefficient (Wildman–Crippen LogP) is 5.54. The number of nitrogens with one attached hydrogen (secondary N) is 1. The van der Waals surface area contributed by atoms with E-state index in [4.69, 9.17) is 34.8 Å². The van der Waals surface area contributed by atoms with Gasteiger partial charge in [0.1, 0.15) is 0 Å². The Morgan fingerprint density at radius 1 is 1.09 bits per heavy atom. The van der Waals surface area contributed by atoms with Crippen LogP contribution in [0.1, 0.15) is 5.56 Å². The summed E-state index contributed by atoms with van der Waals surface area (Å²) >= 11 is 19.2. The van der Waals surface area contributed by atoms with Crippen molar-refractivity contribution in [3.63, 3.8) is 0 Å². The van der Waals surface area contributed by atoms with Crippen molar-refractivity contribution in [2.75, 3.05) is 0 Å². The van der Waals surface area contributed by atoms with E-state index < -0.39 is 0 Å². The fourth-order valence-electron chi connectivity index (χ4n) is 1.92. The largest absolute Gasteiger partial charge is 0.300 e. The van der Waals surface area contributed by atoms with Crippen LogP contribution in [0.3, 0.4) is 0 Å². The zero-order chi connectivity index (χ0) is 16.4. The fourth-order valence-corrected chi connectivity index (χ4v) is 3.29. The molecule has 23 heavy (non-hydrogen) atoms. The third-order valence-electron chi connectivity index (χ3n) is 2.95. The molecule has 0 atom stereocenters. The van der Waals surface area contributed by atoms with Crippen molar-refractivity contribution in [2.45, 2.75) is 0 Å². The van der Waals surface area contributed by atoms with Crippen molar-refractivity contribution in [3.05, 3.63) is 68.0 Å². The molecule has 0 radical (unpaired) electrons. The van der Waals surface area contributed by atoms with E-state index in [-0.39, 0.29) is 5.91 Å². The maximum atomic E-state index is 12.0.